The molecule has 0 heterocycles. The summed E-state index contributed by atoms with van der Waals surface area (Å²) in [6.07, 6.45) is 0.760. The van der Waals surface area contributed by atoms with E-state index in [1.165, 1.54) is 0 Å². The minimum Gasteiger partial charge on any atom is -0.394 e. The van der Waals surface area contributed by atoms with Crippen LogP contribution in [0.4, 0.5) is 0 Å². The van der Waals surface area contributed by atoms with Crippen LogP contribution in [0.5, 0.6) is 0 Å². The Bertz CT molecular complexity index is 158. The van der Waals surface area contributed by atoms with E-state index in [1.807, 2.05) is 20.8 Å². The van der Waals surface area contributed by atoms with Gasteiger partial charge in [0.15, 0.2) is 0 Å². The first-order chi connectivity index (χ1) is 6.65. The van der Waals surface area contributed by atoms with Crippen LogP contribution < -0.4 is 10.6 Å². The van der Waals surface area contributed by atoms with Gasteiger partial charge in [-0.15, -0.1) is 0 Å². The van der Waals surface area contributed by atoms with Crippen LogP contribution in [0.1, 0.15) is 27.2 Å². The van der Waals surface area contributed by atoms with Gasteiger partial charge in [0.2, 0.25) is 5.91 Å². The van der Waals surface area contributed by atoms with Gasteiger partial charge < -0.3 is 15.7 Å². The molecule has 1 amide bonds. The highest BCUT2D eigenvalue weighted by atomic mass is 16.3. The van der Waals surface area contributed by atoms with E-state index in [1.54, 1.807) is 0 Å². The molecule has 0 aliphatic heterocycles. The van der Waals surface area contributed by atoms with E-state index < -0.39 is 0 Å². The van der Waals surface area contributed by atoms with Gasteiger partial charge in [0.1, 0.15) is 0 Å². The third kappa shape index (κ3) is 5.19. The van der Waals surface area contributed by atoms with Crippen LogP contribution in [0.2, 0.25) is 0 Å². The summed E-state index contributed by atoms with van der Waals surface area (Å²) in [5, 5.41) is 14.8. The van der Waals surface area contributed by atoms with E-state index in [2.05, 4.69) is 10.6 Å². The van der Waals surface area contributed by atoms with Gasteiger partial charge in [-0.25, -0.2) is 0 Å². The monoisotopic (exact) mass is 202 g/mol. The van der Waals surface area contributed by atoms with Crippen LogP contribution in [0.15, 0.2) is 0 Å². The van der Waals surface area contributed by atoms with E-state index in [-0.39, 0.29) is 24.5 Å². The Balaban J connectivity index is 3.81. The van der Waals surface area contributed by atoms with Crippen LogP contribution in [0.3, 0.4) is 0 Å². The Morgan fingerprint density at radius 2 is 2.07 bits per heavy atom. The lowest BCUT2D eigenvalue weighted by Gasteiger charge is -2.17. The van der Waals surface area contributed by atoms with Gasteiger partial charge in [-0.1, -0.05) is 20.8 Å². The summed E-state index contributed by atoms with van der Waals surface area (Å²) in [7, 11) is 0. The van der Waals surface area contributed by atoms with Gasteiger partial charge in [-0.2, -0.15) is 0 Å². The fraction of sp³-hybridized carbons (Fsp3) is 0.900. The third-order valence-corrected chi connectivity index (χ3v) is 2.21. The fourth-order valence-corrected chi connectivity index (χ4v) is 1.07. The molecule has 14 heavy (non-hydrogen) atoms. The van der Waals surface area contributed by atoms with Gasteiger partial charge in [-0.3, -0.25) is 4.79 Å². The minimum atomic E-state index is -0.105. The molecule has 4 heteroatoms. The molecule has 0 saturated heterocycles. The molecule has 4 nitrogen and oxygen atoms in total. The highest BCUT2D eigenvalue weighted by Crippen LogP contribution is 1.96. The normalized spacial score (nSPS) is 14.9. The van der Waals surface area contributed by atoms with Crippen molar-refractivity contribution >= 4 is 5.91 Å². The second-order valence-electron chi connectivity index (χ2n) is 3.51. The van der Waals surface area contributed by atoms with Crippen molar-refractivity contribution in [1.82, 2.24) is 10.6 Å². The third-order valence-electron chi connectivity index (χ3n) is 2.21. The Kier molecular flexibility index (Phi) is 7.42. The zero-order valence-electron chi connectivity index (χ0n) is 9.34. The van der Waals surface area contributed by atoms with Crippen molar-refractivity contribution < 1.29 is 9.90 Å². The predicted octanol–water partition coefficient (Wildman–Crippen LogP) is 0.119. The molecule has 0 spiro atoms. The Labute approximate surface area is 86.1 Å². The molecule has 2 atom stereocenters. The summed E-state index contributed by atoms with van der Waals surface area (Å²) in [4.78, 5) is 11.5. The van der Waals surface area contributed by atoms with Crippen molar-refractivity contribution in [2.45, 2.75) is 33.2 Å². The zero-order chi connectivity index (χ0) is 11.0. The van der Waals surface area contributed by atoms with Gasteiger partial charge in [0.05, 0.1) is 12.6 Å². The molecule has 0 radical (unpaired) electrons. The van der Waals surface area contributed by atoms with Crippen LogP contribution >= 0.6 is 0 Å². The molecular weight excluding hydrogens is 180 g/mol. The first-order valence-corrected chi connectivity index (χ1v) is 5.27. The van der Waals surface area contributed by atoms with Gasteiger partial charge in [0.25, 0.3) is 0 Å². The van der Waals surface area contributed by atoms with E-state index in [0.717, 1.165) is 13.0 Å². The van der Waals surface area contributed by atoms with E-state index in [9.17, 15) is 4.79 Å². The standard InChI is InChI=1S/C10H22N2O2/c1-4-9(7-13)12-10(14)8(3)6-11-5-2/h8-9,11,13H,4-7H2,1-3H3,(H,12,14)/t8?,9-/m0/s1. The first-order valence-electron chi connectivity index (χ1n) is 5.27. The number of carbonyl (C=O) groups excluding carboxylic acids is 1. The maximum Gasteiger partial charge on any atom is 0.224 e. The number of carbonyl (C=O) groups is 1. The molecule has 0 aromatic rings. The van der Waals surface area contributed by atoms with E-state index >= 15 is 0 Å². The molecule has 1 unspecified atom stereocenters. The largest absolute Gasteiger partial charge is 0.394 e. The Hall–Kier alpha value is -0.610. The molecular formula is C10H22N2O2. The molecule has 0 aliphatic carbocycles. The SMILES string of the molecule is CCNCC(C)C(=O)N[C@@H](CC)CO. The number of amides is 1. The molecule has 0 aromatic carbocycles. The lowest BCUT2D eigenvalue weighted by Crippen LogP contribution is -2.42. The number of rotatable bonds is 7. The van der Waals surface area contributed by atoms with E-state index in [4.69, 9.17) is 5.11 Å². The first kappa shape index (κ1) is 13.4. The molecule has 84 valence electrons. The van der Waals surface area contributed by atoms with Crippen LogP contribution in [-0.2, 0) is 4.79 Å². The smallest absolute Gasteiger partial charge is 0.224 e. The topological polar surface area (TPSA) is 61.4 Å². The summed E-state index contributed by atoms with van der Waals surface area (Å²) >= 11 is 0. The summed E-state index contributed by atoms with van der Waals surface area (Å²) in [5.74, 6) is -0.0394. The summed E-state index contributed by atoms with van der Waals surface area (Å²) < 4.78 is 0. The predicted molar refractivity (Wildman–Crippen MR) is 57.0 cm³/mol. The average Bonchev–Trinajstić information content (AvgIpc) is 2.21. The molecule has 0 saturated carbocycles. The van der Waals surface area contributed by atoms with Crippen molar-refractivity contribution in [3.05, 3.63) is 0 Å². The zero-order valence-corrected chi connectivity index (χ0v) is 9.34. The number of nitrogens with one attached hydrogen (secondary N) is 2. The molecule has 0 bridgehead atoms. The van der Waals surface area contributed by atoms with Crippen molar-refractivity contribution in [2.24, 2.45) is 5.92 Å². The molecule has 0 aromatic heterocycles. The summed E-state index contributed by atoms with van der Waals surface area (Å²) in [6.45, 7) is 7.39. The summed E-state index contributed by atoms with van der Waals surface area (Å²) in [5.41, 5.74) is 0. The number of aliphatic hydroxyl groups excluding tert-OH is 1. The molecule has 0 rings (SSSR count). The maximum absolute atomic E-state index is 11.5. The van der Waals surface area contributed by atoms with Crippen LogP contribution in [0.25, 0.3) is 0 Å². The van der Waals surface area contributed by atoms with Gasteiger partial charge >= 0.3 is 0 Å². The summed E-state index contributed by atoms with van der Waals surface area (Å²) in [6, 6.07) is -0.105. The number of hydrogen-bond donors (Lipinski definition) is 3. The average molecular weight is 202 g/mol. The lowest BCUT2D eigenvalue weighted by atomic mass is 10.1. The van der Waals surface area contributed by atoms with Crippen molar-refractivity contribution in [1.29, 1.82) is 0 Å². The fourth-order valence-electron chi connectivity index (χ4n) is 1.07. The van der Waals surface area contributed by atoms with Crippen molar-refractivity contribution in [3.8, 4) is 0 Å². The van der Waals surface area contributed by atoms with Gasteiger partial charge in [0, 0.05) is 12.5 Å². The quantitative estimate of drug-likeness (QED) is 0.549. The van der Waals surface area contributed by atoms with E-state index in [0.29, 0.717) is 6.54 Å². The molecule has 3 N–H and O–H groups in total. The van der Waals surface area contributed by atoms with Crippen LogP contribution in [0, 0.1) is 5.92 Å². The highest BCUT2D eigenvalue weighted by molar-refractivity contribution is 5.78. The van der Waals surface area contributed by atoms with Gasteiger partial charge in [-0.05, 0) is 13.0 Å². The second-order valence-corrected chi connectivity index (χ2v) is 3.51. The van der Waals surface area contributed by atoms with Crippen molar-refractivity contribution in [3.63, 3.8) is 0 Å². The number of aliphatic hydroxyl groups is 1. The molecule has 0 aliphatic rings. The second kappa shape index (κ2) is 7.76. The number of hydrogen-bond acceptors (Lipinski definition) is 3. The maximum atomic E-state index is 11.5. The molecule has 0 fully saturated rings. The minimum absolute atomic E-state index is 0.00634. The Morgan fingerprint density at radius 1 is 1.43 bits per heavy atom. The lowest BCUT2D eigenvalue weighted by molar-refractivity contribution is -0.125. The highest BCUT2D eigenvalue weighted by Gasteiger charge is 2.15. The van der Waals surface area contributed by atoms with Crippen molar-refractivity contribution in [2.75, 3.05) is 19.7 Å². The van der Waals surface area contributed by atoms with Crippen LogP contribution in [-0.4, -0.2) is 36.8 Å². The Morgan fingerprint density at radius 3 is 2.50 bits per heavy atom.